The van der Waals surface area contributed by atoms with Crippen molar-refractivity contribution in [2.45, 2.75) is 56.7 Å². The maximum absolute atomic E-state index is 12.7. The summed E-state index contributed by atoms with van der Waals surface area (Å²) in [6.07, 6.45) is 2.18. The molecule has 0 amide bonds. The molecule has 1 atom stereocenters. The van der Waals surface area contributed by atoms with Crippen LogP contribution in [0.5, 0.6) is 5.75 Å². The highest BCUT2D eigenvalue weighted by atomic mass is 35.5. The molecule has 1 N–H and O–H groups in total. The fraction of sp³-hybridized carbons (Fsp3) is 0.364. The van der Waals surface area contributed by atoms with E-state index in [1.165, 1.54) is 0 Å². The van der Waals surface area contributed by atoms with Gasteiger partial charge in [0.15, 0.2) is 11.0 Å². The Morgan fingerprint density at radius 1 is 1.31 bits per heavy atom. The standard InChI is InChI=1S/C22H22ClN5O2S2/c1-11-12(2)31-21-18(11)20(29)24-19(25-21)13(3)32-22-27-26-17(28(22)14-8-9-14)10-30-16-7-5-4-6-15(16)23/h4-7,13-14H,8-10H2,1-3H3,(H,24,25,29)/t13-/m0/s1. The third kappa shape index (κ3) is 4.04. The molecule has 0 aliphatic heterocycles. The van der Waals surface area contributed by atoms with Crippen LogP contribution in [0.25, 0.3) is 10.2 Å². The average molecular weight is 488 g/mol. The first-order chi connectivity index (χ1) is 15.4. The maximum Gasteiger partial charge on any atom is 0.259 e. The summed E-state index contributed by atoms with van der Waals surface area (Å²) in [4.78, 5) is 22.3. The lowest BCUT2D eigenvalue weighted by molar-refractivity contribution is 0.288. The fourth-order valence-electron chi connectivity index (χ4n) is 3.57. The summed E-state index contributed by atoms with van der Waals surface area (Å²) in [6.45, 7) is 6.29. The van der Waals surface area contributed by atoms with Crippen LogP contribution in [0.3, 0.4) is 0 Å². The largest absolute Gasteiger partial charge is 0.484 e. The number of rotatable bonds is 7. The molecular formula is C22H22ClN5O2S2. The van der Waals surface area contributed by atoms with Gasteiger partial charge in [0, 0.05) is 10.9 Å². The van der Waals surface area contributed by atoms with E-state index in [1.807, 2.05) is 39.0 Å². The minimum atomic E-state index is -0.0890. The molecule has 1 aromatic carbocycles. The van der Waals surface area contributed by atoms with Crippen molar-refractivity contribution >= 4 is 44.9 Å². The zero-order valence-electron chi connectivity index (χ0n) is 17.9. The summed E-state index contributed by atoms with van der Waals surface area (Å²) < 4.78 is 8.05. The smallest absolute Gasteiger partial charge is 0.259 e. The molecule has 32 heavy (non-hydrogen) atoms. The lowest BCUT2D eigenvalue weighted by Crippen LogP contribution is -2.13. The minimum Gasteiger partial charge on any atom is -0.484 e. The molecule has 0 unspecified atom stereocenters. The van der Waals surface area contributed by atoms with Crippen molar-refractivity contribution in [3.05, 3.63) is 61.7 Å². The molecule has 1 fully saturated rings. The van der Waals surface area contributed by atoms with Crippen molar-refractivity contribution in [3.63, 3.8) is 0 Å². The van der Waals surface area contributed by atoms with Gasteiger partial charge in [-0.3, -0.25) is 9.36 Å². The molecule has 1 saturated carbocycles. The minimum absolute atomic E-state index is 0.0863. The number of aromatic amines is 1. The molecule has 0 bridgehead atoms. The fourth-order valence-corrected chi connectivity index (χ4v) is 5.79. The van der Waals surface area contributed by atoms with Gasteiger partial charge in [0.25, 0.3) is 5.56 Å². The van der Waals surface area contributed by atoms with Crippen LogP contribution in [0.1, 0.15) is 53.1 Å². The SMILES string of the molecule is Cc1sc2nc([C@H](C)Sc3nnc(COc4ccccc4Cl)n3C3CC3)[nH]c(=O)c2c1C. The van der Waals surface area contributed by atoms with Crippen LogP contribution in [-0.2, 0) is 6.61 Å². The molecule has 4 aromatic rings. The molecular weight excluding hydrogens is 466 g/mol. The van der Waals surface area contributed by atoms with E-state index in [9.17, 15) is 4.79 Å². The monoisotopic (exact) mass is 487 g/mol. The quantitative estimate of drug-likeness (QED) is 0.341. The van der Waals surface area contributed by atoms with Gasteiger partial charge in [0.1, 0.15) is 23.0 Å². The summed E-state index contributed by atoms with van der Waals surface area (Å²) in [5.74, 6) is 2.04. The van der Waals surface area contributed by atoms with Crippen LogP contribution in [0.4, 0.5) is 0 Å². The summed E-state index contributed by atoms with van der Waals surface area (Å²) in [5, 5.41) is 10.8. The number of thiophene rings is 1. The highest BCUT2D eigenvalue weighted by Crippen LogP contribution is 2.42. The first-order valence-electron chi connectivity index (χ1n) is 10.4. The van der Waals surface area contributed by atoms with E-state index in [0.717, 1.165) is 39.1 Å². The molecule has 0 spiro atoms. The van der Waals surface area contributed by atoms with Crippen molar-refractivity contribution in [1.29, 1.82) is 0 Å². The Morgan fingerprint density at radius 3 is 2.84 bits per heavy atom. The van der Waals surface area contributed by atoms with Crippen molar-refractivity contribution < 1.29 is 4.74 Å². The van der Waals surface area contributed by atoms with Gasteiger partial charge in [-0.15, -0.1) is 21.5 Å². The lowest BCUT2D eigenvalue weighted by Gasteiger charge is -2.13. The number of para-hydroxylation sites is 1. The molecule has 0 radical (unpaired) electrons. The van der Waals surface area contributed by atoms with Gasteiger partial charge >= 0.3 is 0 Å². The predicted octanol–water partition coefficient (Wildman–Crippen LogP) is 5.61. The summed E-state index contributed by atoms with van der Waals surface area (Å²) in [5.41, 5.74) is 0.916. The third-order valence-electron chi connectivity index (χ3n) is 5.57. The van der Waals surface area contributed by atoms with E-state index < -0.39 is 0 Å². The second-order valence-electron chi connectivity index (χ2n) is 7.89. The van der Waals surface area contributed by atoms with Crippen LogP contribution in [0.15, 0.2) is 34.2 Å². The Labute approximate surface area is 198 Å². The Kier molecular flexibility index (Phi) is 5.73. The highest BCUT2D eigenvalue weighted by Gasteiger charge is 2.31. The molecule has 3 heterocycles. The number of halogens is 1. The summed E-state index contributed by atoms with van der Waals surface area (Å²) in [6, 6.07) is 7.77. The Morgan fingerprint density at radius 2 is 2.09 bits per heavy atom. The number of ether oxygens (including phenoxy) is 1. The van der Waals surface area contributed by atoms with Crippen LogP contribution < -0.4 is 10.3 Å². The van der Waals surface area contributed by atoms with E-state index in [1.54, 1.807) is 29.2 Å². The van der Waals surface area contributed by atoms with Gasteiger partial charge in [-0.1, -0.05) is 35.5 Å². The van der Waals surface area contributed by atoms with Gasteiger partial charge in [-0.25, -0.2) is 4.98 Å². The van der Waals surface area contributed by atoms with Gasteiger partial charge in [-0.05, 0) is 51.3 Å². The number of aromatic nitrogens is 5. The molecule has 7 nitrogen and oxygen atoms in total. The number of aryl methyl sites for hydroxylation is 2. The van der Waals surface area contributed by atoms with Crippen molar-refractivity contribution in [2.24, 2.45) is 0 Å². The molecule has 3 aromatic heterocycles. The number of H-pyrrole nitrogens is 1. The Balaban J connectivity index is 1.39. The topological polar surface area (TPSA) is 85.7 Å². The third-order valence-corrected chi connectivity index (χ3v) is 8.04. The zero-order chi connectivity index (χ0) is 22.4. The van der Waals surface area contributed by atoms with Crippen molar-refractivity contribution in [2.75, 3.05) is 0 Å². The number of benzene rings is 1. The van der Waals surface area contributed by atoms with Crippen LogP contribution >= 0.6 is 34.7 Å². The van der Waals surface area contributed by atoms with Gasteiger partial charge in [0.05, 0.1) is 15.7 Å². The molecule has 5 rings (SSSR count). The van der Waals surface area contributed by atoms with Crippen molar-refractivity contribution in [3.8, 4) is 5.75 Å². The highest BCUT2D eigenvalue weighted by molar-refractivity contribution is 7.99. The van der Waals surface area contributed by atoms with Gasteiger partial charge in [-0.2, -0.15) is 0 Å². The number of hydrogen-bond acceptors (Lipinski definition) is 7. The number of hydrogen-bond donors (Lipinski definition) is 1. The molecule has 166 valence electrons. The summed E-state index contributed by atoms with van der Waals surface area (Å²) in [7, 11) is 0. The number of nitrogens with one attached hydrogen (secondary N) is 1. The van der Waals surface area contributed by atoms with Crippen LogP contribution in [-0.4, -0.2) is 24.7 Å². The van der Waals surface area contributed by atoms with Gasteiger partial charge in [0.2, 0.25) is 0 Å². The lowest BCUT2D eigenvalue weighted by atomic mass is 10.2. The van der Waals surface area contributed by atoms with E-state index in [2.05, 4.69) is 19.7 Å². The number of nitrogens with zero attached hydrogens (tertiary/aromatic N) is 4. The van der Waals surface area contributed by atoms with E-state index in [0.29, 0.717) is 28.0 Å². The Hall–Kier alpha value is -2.36. The molecule has 10 heteroatoms. The first-order valence-corrected chi connectivity index (χ1v) is 12.5. The number of fused-ring (bicyclic) bond motifs is 1. The maximum atomic E-state index is 12.7. The van der Waals surface area contributed by atoms with Crippen molar-refractivity contribution in [1.82, 2.24) is 24.7 Å². The zero-order valence-corrected chi connectivity index (χ0v) is 20.3. The average Bonchev–Trinajstić information content (AvgIpc) is 3.46. The first kappa shape index (κ1) is 21.5. The van der Waals surface area contributed by atoms with E-state index in [-0.39, 0.29) is 17.4 Å². The summed E-state index contributed by atoms with van der Waals surface area (Å²) >= 11 is 9.31. The van der Waals surface area contributed by atoms with E-state index in [4.69, 9.17) is 21.3 Å². The second kappa shape index (κ2) is 8.53. The van der Waals surface area contributed by atoms with Crippen LogP contribution in [0, 0.1) is 13.8 Å². The van der Waals surface area contributed by atoms with Gasteiger partial charge < -0.3 is 9.72 Å². The molecule has 1 aliphatic rings. The number of thioether (sulfide) groups is 1. The Bertz CT molecular complexity index is 1360. The normalized spacial score (nSPS) is 14.8. The molecule has 1 aliphatic carbocycles. The predicted molar refractivity (Wildman–Crippen MR) is 128 cm³/mol. The molecule has 0 saturated heterocycles. The second-order valence-corrected chi connectivity index (χ2v) is 10.8. The van der Waals surface area contributed by atoms with Crippen LogP contribution in [0.2, 0.25) is 5.02 Å². The van der Waals surface area contributed by atoms with E-state index >= 15 is 0 Å².